The molecule has 72 valence electrons. The van der Waals surface area contributed by atoms with Gasteiger partial charge in [0.1, 0.15) is 12.4 Å². The molecule has 1 aromatic rings. The maximum atomic E-state index is 11.1. The molecule has 0 aromatic carbocycles. The van der Waals surface area contributed by atoms with Crippen LogP contribution in [0.4, 0.5) is 0 Å². The lowest BCUT2D eigenvalue weighted by Gasteiger charge is -2.03. The monoisotopic (exact) mass is 202 g/mol. The second-order valence-electron chi connectivity index (χ2n) is 2.18. The maximum absolute atomic E-state index is 11.1. The van der Waals surface area contributed by atoms with E-state index in [0.29, 0.717) is 10.6 Å². The predicted octanol–water partition coefficient (Wildman–Crippen LogP) is 0.906. The SMILES string of the molecule is COC(=O)c1sccc1OCCO. The van der Waals surface area contributed by atoms with Crippen LogP contribution in [0.3, 0.4) is 0 Å². The average Bonchev–Trinajstić information content (AvgIpc) is 2.61. The van der Waals surface area contributed by atoms with Crippen molar-refractivity contribution in [3.05, 3.63) is 16.3 Å². The van der Waals surface area contributed by atoms with Gasteiger partial charge in [-0.2, -0.15) is 0 Å². The number of aliphatic hydroxyl groups is 1. The van der Waals surface area contributed by atoms with Gasteiger partial charge in [0.15, 0.2) is 4.88 Å². The van der Waals surface area contributed by atoms with Gasteiger partial charge in [0.2, 0.25) is 0 Å². The normalized spacial score (nSPS) is 9.69. The molecule has 13 heavy (non-hydrogen) atoms. The largest absolute Gasteiger partial charge is 0.489 e. The summed E-state index contributed by atoms with van der Waals surface area (Å²) in [5.74, 6) is 0.0499. The summed E-state index contributed by atoms with van der Waals surface area (Å²) >= 11 is 1.25. The van der Waals surface area contributed by atoms with Crippen molar-refractivity contribution in [3.63, 3.8) is 0 Å². The fourth-order valence-electron chi connectivity index (χ4n) is 0.808. The van der Waals surface area contributed by atoms with Crippen molar-refractivity contribution in [1.29, 1.82) is 0 Å². The average molecular weight is 202 g/mol. The van der Waals surface area contributed by atoms with Gasteiger partial charge in [0.25, 0.3) is 0 Å². The number of hydrogen-bond donors (Lipinski definition) is 1. The molecule has 0 aliphatic heterocycles. The van der Waals surface area contributed by atoms with E-state index in [2.05, 4.69) is 4.74 Å². The summed E-state index contributed by atoms with van der Waals surface area (Å²) in [7, 11) is 1.32. The van der Waals surface area contributed by atoms with E-state index in [4.69, 9.17) is 9.84 Å². The first-order valence-electron chi connectivity index (χ1n) is 3.69. The first-order chi connectivity index (χ1) is 6.29. The lowest BCUT2D eigenvalue weighted by atomic mass is 10.4. The van der Waals surface area contributed by atoms with E-state index in [1.54, 1.807) is 11.4 Å². The number of ether oxygens (including phenoxy) is 2. The van der Waals surface area contributed by atoms with Gasteiger partial charge in [-0.3, -0.25) is 0 Å². The molecule has 1 heterocycles. The highest BCUT2D eigenvalue weighted by molar-refractivity contribution is 7.12. The van der Waals surface area contributed by atoms with Crippen LogP contribution in [0.15, 0.2) is 11.4 Å². The highest BCUT2D eigenvalue weighted by Gasteiger charge is 2.14. The van der Waals surface area contributed by atoms with Crippen LogP contribution >= 0.6 is 11.3 Å². The van der Waals surface area contributed by atoms with Crippen molar-refractivity contribution < 1.29 is 19.4 Å². The number of hydrogen-bond acceptors (Lipinski definition) is 5. The van der Waals surface area contributed by atoms with E-state index in [9.17, 15) is 4.79 Å². The van der Waals surface area contributed by atoms with Gasteiger partial charge in [-0.15, -0.1) is 11.3 Å². The van der Waals surface area contributed by atoms with E-state index in [0.717, 1.165) is 0 Å². The van der Waals surface area contributed by atoms with Crippen LogP contribution in [0, 0.1) is 0 Å². The molecule has 0 saturated heterocycles. The minimum absolute atomic E-state index is 0.0730. The molecule has 5 heteroatoms. The van der Waals surface area contributed by atoms with E-state index in [-0.39, 0.29) is 13.2 Å². The second-order valence-corrected chi connectivity index (χ2v) is 3.09. The van der Waals surface area contributed by atoms with Crippen LogP contribution in [0.25, 0.3) is 0 Å². The summed E-state index contributed by atoms with van der Waals surface area (Å²) in [6.07, 6.45) is 0. The summed E-state index contributed by atoms with van der Waals surface area (Å²) in [5.41, 5.74) is 0. The zero-order chi connectivity index (χ0) is 9.68. The van der Waals surface area contributed by atoms with Crippen LogP contribution in [0.2, 0.25) is 0 Å². The van der Waals surface area contributed by atoms with Crippen LogP contribution in [-0.2, 0) is 4.74 Å². The first kappa shape index (κ1) is 10.0. The summed E-state index contributed by atoms with van der Waals surface area (Å²) in [5, 5.41) is 10.2. The fraction of sp³-hybridized carbons (Fsp3) is 0.375. The maximum Gasteiger partial charge on any atom is 0.351 e. The van der Waals surface area contributed by atoms with Crippen molar-refractivity contribution in [2.45, 2.75) is 0 Å². The lowest BCUT2D eigenvalue weighted by Crippen LogP contribution is -2.05. The summed E-state index contributed by atoms with van der Waals surface area (Å²) in [6.45, 7) is 0.108. The van der Waals surface area contributed by atoms with Gasteiger partial charge in [-0.1, -0.05) is 0 Å². The highest BCUT2D eigenvalue weighted by Crippen LogP contribution is 2.25. The molecular formula is C8H10O4S. The topological polar surface area (TPSA) is 55.8 Å². The van der Waals surface area contributed by atoms with E-state index in [1.807, 2.05) is 0 Å². The molecule has 4 nitrogen and oxygen atoms in total. The Balaban J connectivity index is 2.71. The van der Waals surface area contributed by atoms with Crippen LogP contribution in [0.1, 0.15) is 9.67 Å². The summed E-state index contributed by atoms with van der Waals surface area (Å²) in [6, 6.07) is 1.67. The molecule has 1 aromatic heterocycles. The van der Waals surface area contributed by atoms with Crippen molar-refractivity contribution in [2.75, 3.05) is 20.3 Å². The number of carbonyl (C=O) groups excluding carboxylic acids is 1. The number of thiophene rings is 1. The zero-order valence-corrected chi connectivity index (χ0v) is 7.97. The number of rotatable bonds is 4. The summed E-state index contributed by atoms with van der Waals surface area (Å²) < 4.78 is 9.65. The van der Waals surface area contributed by atoms with E-state index >= 15 is 0 Å². The smallest absolute Gasteiger partial charge is 0.351 e. The van der Waals surface area contributed by atoms with Crippen molar-refractivity contribution in [2.24, 2.45) is 0 Å². The third-order valence-corrected chi connectivity index (χ3v) is 2.22. The second kappa shape index (κ2) is 4.84. The van der Waals surface area contributed by atoms with E-state index < -0.39 is 5.97 Å². The molecule has 0 fully saturated rings. The number of esters is 1. The highest BCUT2D eigenvalue weighted by atomic mass is 32.1. The Kier molecular flexibility index (Phi) is 3.72. The molecule has 0 aliphatic carbocycles. The van der Waals surface area contributed by atoms with Gasteiger partial charge >= 0.3 is 5.97 Å². The standard InChI is InChI=1S/C8H10O4S/c1-11-8(10)7-6(2-5-13-7)12-4-3-9/h2,5,9H,3-4H2,1H3. The minimum atomic E-state index is -0.414. The Morgan fingerprint density at radius 3 is 3.08 bits per heavy atom. The molecule has 0 unspecified atom stereocenters. The fourth-order valence-corrected chi connectivity index (χ4v) is 1.56. The van der Waals surface area contributed by atoms with Crippen molar-refractivity contribution >= 4 is 17.3 Å². The van der Waals surface area contributed by atoms with Gasteiger partial charge in [0.05, 0.1) is 13.7 Å². The van der Waals surface area contributed by atoms with Gasteiger partial charge < -0.3 is 14.6 Å². The number of methoxy groups -OCH3 is 1. The molecule has 0 bridgehead atoms. The van der Waals surface area contributed by atoms with Gasteiger partial charge in [0, 0.05) is 0 Å². The molecule has 1 rings (SSSR count). The van der Waals surface area contributed by atoms with Crippen LogP contribution in [0.5, 0.6) is 5.75 Å². The Labute approximate surface area is 79.7 Å². The van der Waals surface area contributed by atoms with Crippen LogP contribution < -0.4 is 4.74 Å². The molecule has 0 saturated carbocycles. The van der Waals surface area contributed by atoms with Crippen molar-refractivity contribution in [3.8, 4) is 5.75 Å². The lowest BCUT2D eigenvalue weighted by molar-refractivity contribution is 0.0601. The number of carbonyl (C=O) groups is 1. The molecule has 0 atom stereocenters. The molecule has 0 radical (unpaired) electrons. The third-order valence-electron chi connectivity index (χ3n) is 1.35. The van der Waals surface area contributed by atoms with Gasteiger partial charge in [-0.05, 0) is 11.4 Å². The summed E-state index contributed by atoms with van der Waals surface area (Å²) in [4.78, 5) is 11.5. The van der Waals surface area contributed by atoms with Gasteiger partial charge in [-0.25, -0.2) is 4.79 Å². The minimum Gasteiger partial charge on any atom is -0.489 e. The third kappa shape index (κ3) is 2.43. The Morgan fingerprint density at radius 1 is 1.69 bits per heavy atom. The molecule has 0 spiro atoms. The molecular weight excluding hydrogens is 192 g/mol. The Morgan fingerprint density at radius 2 is 2.46 bits per heavy atom. The first-order valence-corrected chi connectivity index (χ1v) is 4.57. The molecule has 0 amide bonds. The Hall–Kier alpha value is -1.07. The molecule has 1 N–H and O–H groups in total. The van der Waals surface area contributed by atoms with E-state index in [1.165, 1.54) is 18.4 Å². The number of aliphatic hydroxyl groups excluding tert-OH is 1. The Bertz CT molecular complexity index is 281. The van der Waals surface area contributed by atoms with Crippen LogP contribution in [-0.4, -0.2) is 31.4 Å². The predicted molar refractivity (Wildman–Crippen MR) is 48.2 cm³/mol. The zero-order valence-electron chi connectivity index (χ0n) is 7.15. The van der Waals surface area contributed by atoms with Crippen molar-refractivity contribution in [1.82, 2.24) is 0 Å². The quantitative estimate of drug-likeness (QED) is 0.737. The molecule has 0 aliphatic rings.